The van der Waals surface area contributed by atoms with Gasteiger partial charge in [0.15, 0.2) is 0 Å². The summed E-state index contributed by atoms with van der Waals surface area (Å²) in [5.41, 5.74) is -0.0676. The van der Waals surface area contributed by atoms with Gasteiger partial charge in [0, 0.05) is 12.0 Å². The molecule has 0 aliphatic heterocycles. The highest BCUT2D eigenvalue weighted by atomic mass is 16.4. The number of hydrogen-bond acceptors (Lipinski definition) is 3. The minimum absolute atomic E-state index is 0.0676. The highest BCUT2D eigenvalue weighted by Gasteiger charge is 2.42. The quantitative estimate of drug-likeness (QED) is 0.813. The van der Waals surface area contributed by atoms with E-state index in [0.29, 0.717) is 5.92 Å². The van der Waals surface area contributed by atoms with Crippen molar-refractivity contribution in [1.29, 1.82) is 0 Å². The molecule has 4 nitrogen and oxygen atoms in total. The van der Waals surface area contributed by atoms with Crippen LogP contribution in [0, 0.1) is 18.8 Å². The van der Waals surface area contributed by atoms with Crippen LogP contribution in [0.25, 0.3) is 0 Å². The summed E-state index contributed by atoms with van der Waals surface area (Å²) in [6.07, 6.45) is 0.808. The van der Waals surface area contributed by atoms with Gasteiger partial charge in [0.1, 0.15) is 11.5 Å². The topological polar surface area (TPSA) is 62.5 Å². The maximum Gasteiger partial charge on any atom is 0.306 e. The van der Waals surface area contributed by atoms with Gasteiger partial charge in [-0.2, -0.15) is 0 Å². The van der Waals surface area contributed by atoms with Crippen molar-refractivity contribution in [2.75, 3.05) is 13.1 Å². The first kappa shape index (κ1) is 13.1. The molecule has 1 heterocycles. The first-order valence-corrected chi connectivity index (χ1v) is 6.40. The van der Waals surface area contributed by atoms with Crippen molar-refractivity contribution in [3.63, 3.8) is 0 Å². The summed E-state index contributed by atoms with van der Waals surface area (Å²) in [5, 5.41) is 12.2. The normalized spacial score (nSPS) is 23.1. The maximum absolute atomic E-state index is 10.7. The Balaban J connectivity index is 1.78. The lowest BCUT2D eigenvalue weighted by molar-refractivity contribution is -0.138. The molecule has 1 aliphatic carbocycles. The highest BCUT2D eigenvalue weighted by Crippen LogP contribution is 2.38. The summed E-state index contributed by atoms with van der Waals surface area (Å²) in [5.74, 6) is 1.40. The fourth-order valence-corrected chi connectivity index (χ4v) is 2.23. The van der Waals surface area contributed by atoms with E-state index < -0.39 is 5.97 Å². The van der Waals surface area contributed by atoms with Crippen molar-refractivity contribution in [1.82, 2.24) is 5.32 Å². The molecule has 0 spiro atoms. The van der Waals surface area contributed by atoms with Crippen LogP contribution in [-0.4, -0.2) is 24.2 Å². The Morgan fingerprint density at radius 2 is 2.28 bits per heavy atom. The second-order valence-electron chi connectivity index (χ2n) is 5.87. The molecule has 100 valence electrons. The van der Waals surface area contributed by atoms with Crippen LogP contribution in [-0.2, 0) is 10.2 Å². The highest BCUT2D eigenvalue weighted by molar-refractivity contribution is 5.73. The van der Waals surface area contributed by atoms with Gasteiger partial charge in [-0.25, -0.2) is 0 Å². The predicted octanol–water partition coefficient (Wildman–Crippen LogP) is 2.18. The van der Waals surface area contributed by atoms with Crippen molar-refractivity contribution in [2.24, 2.45) is 11.8 Å². The van der Waals surface area contributed by atoms with Crippen LogP contribution in [0.15, 0.2) is 16.5 Å². The number of aliphatic carboxylic acids is 1. The molecule has 2 atom stereocenters. The van der Waals surface area contributed by atoms with Crippen molar-refractivity contribution < 1.29 is 14.3 Å². The van der Waals surface area contributed by atoms with Crippen LogP contribution < -0.4 is 5.32 Å². The van der Waals surface area contributed by atoms with Crippen LogP contribution >= 0.6 is 0 Å². The van der Waals surface area contributed by atoms with E-state index in [1.165, 1.54) is 0 Å². The van der Waals surface area contributed by atoms with Crippen molar-refractivity contribution in [2.45, 2.75) is 32.6 Å². The second kappa shape index (κ2) is 4.76. The van der Waals surface area contributed by atoms with E-state index in [-0.39, 0.29) is 11.3 Å². The van der Waals surface area contributed by atoms with E-state index in [2.05, 4.69) is 19.2 Å². The molecule has 0 radical (unpaired) electrons. The number of rotatable bonds is 6. The Morgan fingerprint density at radius 3 is 2.78 bits per heavy atom. The van der Waals surface area contributed by atoms with E-state index in [4.69, 9.17) is 9.52 Å². The van der Waals surface area contributed by atoms with Gasteiger partial charge in [-0.05, 0) is 37.9 Å². The van der Waals surface area contributed by atoms with E-state index >= 15 is 0 Å². The van der Waals surface area contributed by atoms with Crippen LogP contribution in [0.1, 0.15) is 31.8 Å². The van der Waals surface area contributed by atoms with Crippen LogP contribution in [0.4, 0.5) is 0 Å². The van der Waals surface area contributed by atoms with Crippen molar-refractivity contribution in [3.8, 4) is 0 Å². The number of furan rings is 1. The molecule has 2 N–H and O–H groups in total. The Kier molecular flexibility index (Phi) is 3.48. The van der Waals surface area contributed by atoms with E-state index in [1.807, 2.05) is 19.1 Å². The Bertz CT molecular complexity index is 436. The van der Waals surface area contributed by atoms with Gasteiger partial charge in [0.2, 0.25) is 0 Å². The molecule has 0 aromatic carbocycles. The zero-order chi connectivity index (χ0) is 13.3. The molecule has 18 heavy (non-hydrogen) atoms. The minimum Gasteiger partial charge on any atom is -0.481 e. The molecular formula is C14H21NO3. The molecule has 2 unspecified atom stereocenters. The summed E-state index contributed by atoms with van der Waals surface area (Å²) in [6.45, 7) is 7.76. The molecule has 2 rings (SSSR count). The molecule has 0 saturated heterocycles. The summed E-state index contributed by atoms with van der Waals surface area (Å²) in [6, 6.07) is 3.98. The molecule has 4 heteroatoms. The van der Waals surface area contributed by atoms with Gasteiger partial charge in [-0.1, -0.05) is 13.8 Å². The van der Waals surface area contributed by atoms with Gasteiger partial charge < -0.3 is 14.8 Å². The molecular weight excluding hydrogens is 230 g/mol. The van der Waals surface area contributed by atoms with Gasteiger partial charge >= 0.3 is 5.97 Å². The molecule has 1 saturated carbocycles. The number of aryl methyl sites for hydroxylation is 1. The summed E-state index contributed by atoms with van der Waals surface area (Å²) in [4.78, 5) is 10.7. The Labute approximate surface area is 107 Å². The molecule has 0 amide bonds. The number of carbonyl (C=O) groups is 1. The third-order valence-corrected chi connectivity index (χ3v) is 3.62. The minimum atomic E-state index is -0.664. The summed E-state index contributed by atoms with van der Waals surface area (Å²) in [7, 11) is 0. The number of carboxylic acids is 1. The van der Waals surface area contributed by atoms with Gasteiger partial charge in [0.25, 0.3) is 0 Å². The first-order chi connectivity index (χ1) is 8.40. The third kappa shape index (κ3) is 2.93. The molecule has 1 aliphatic rings. The lowest BCUT2D eigenvalue weighted by atomic mass is 9.90. The summed E-state index contributed by atoms with van der Waals surface area (Å²) < 4.78 is 5.65. The number of hydrogen-bond donors (Lipinski definition) is 2. The lowest BCUT2D eigenvalue weighted by Crippen LogP contribution is -2.34. The zero-order valence-electron chi connectivity index (χ0n) is 11.2. The SMILES string of the molecule is Cc1ccc(C(C)(C)CNCC2CC2C(=O)O)o1. The monoisotopic (exact) mass is 251 g/mol. The fourth-order valence-electron chi connectivity index (χ4n) is 2.23. The fraction of sp³-hybridized carbons (Fsp3) is 0.643. The Hall–Kier alpha value is -1.29. The summed E-state index contributed by atoms with van der Waals surface area (Å²) >= 11 is 0. The van der Waals surface area contributed by atoms with Crippen LogP contribution in [0.2, 0.25) is 0 Å². The van der Waals surface area contributed by atoms with E-state index in [1.54, 1.807) is 0 Å². The molecule has 1 aromatic heterocycles. The van der Waals surface area contributed by atoms with Gasteiger partial charge in [0.05, 0.1) is 5.92 Å². The third-order valence-electron chi connectivity index (χ3n) is 3.62. The smallest absolute Gasteiger partial charge is 0.306 e. The second-order valence-corrected chi connectivity index (χ2v) is 5.87. The predicted molar refractivity (Wildman–Crippen MR) is 68.6 cm³/mol. The zero-order valence-corrected chi connectivity index (χ0v) is 11.2. The number of nitrogens with one attached hydrogen (secondary N) is 1. The molecule has 0 bridgehead atoms. The van der Waals surface area contributed by atoms with Crippen molar-refractivity contribution >= 4 is 5.97 Å². The van der Waals surface area contributed by atoms with Gasteiger partial charge in [-0.15, -0.1) is 0 Å². The average molecular weight is 251 g/mol. The van der Waals surface area contributed by atoms with E-state index in [9.17, 15) is 4.79 Å². The first-order valence-electron chi connectivity index (χ1n) is 6.40. The van der Waals surface area contributed by atoms with Crippen LogP contribution in [0.5, 0.6) is 0 Å². The van der Waals surface area contributed by atoms with Crippen LogP contribution in [0.3, 0.4) is 0 Å². The number of carboxylic acid groups (broad SMARTS) is 1. The van der Waals surface area contributed by atoms with E-state index in [0.717, 1.165) is 31.0 Å². The largest absolute Gasteiger partial charge is 0.481 e. The van der Waals surface area contributed by atoms with Crippen molar-refractivity contribution in [3.05, 3.63) is 23.7 Å². The lowest BCUT2D eigenvalue weighted by Gasteiger charge is -2.22. The molecule has 1 fully saturated rings. The maximum atomic E-state index is 10.7. The average Bonchev–Trinajstić information content (AvgIpc) is 2.91. The standard InChI is InChI=1S/C14H21NO3/c1-9-4-5-12(18-9)14(2,3)8-15-7-10-6-11(10)13(16)17/h4-5,10-11,15H,6-8H2,1-3H3,(H,16,17). The van der Waals surface area contributed by atoms with Gasteiger partial charge in [-0.3, -0.25) is 4.79 Å². The molecule has 1 aromatic rings. The Morgan fingerprint density at radius 1 is 1.56 bits per heavy atom.